The van der Waals surface area contributed by atoms with Crippen LogP contribution in [0.1, 0.15) is 28.8 Å². The monoisotopic (exact) mass is 386 g/mol. The van der Waals surface area contributed by atoms with E-state index in [2.05, 4.69) is 15.9 Å². The van der Waals surface area contributed by atoms with Gasteiger partial charge in [-0.1, -0.05) is 33.6 Å². The lowest BCUT2D eigenvalue weighted by Gasteiger charge is -2.28. The van der Waals surface area contributed by atoms with E-state index in [1.165, 1.54) is 0 Å². The lowest BCUT2D eigenvalue weighted by molar-refractivity contribution is -0.127. The number of aryl methyl sites for hydroxylation is 1. The molecule has 1 fully saturated rings. The summed E-state index contributed by atoms with van der Waals surface area (Å²) in [4.78, 5) is 28.4. The number of carbonyl (C=O) groups excluding carboxylic acids is 2. The molecule has 0 unspecified atom stereocenters. The Morgan fingerprint density at radius 2 is 1.79 bits per heavy atom. The van der Waals surface area contributed by atoms with Crippen LogP contribution in [0.4, 0.5) is 5.69 Å². The number of hydrogen-bond donors (Lipinski definition) is 0. The predicted molar refractivity (Wildman–Crippen MR) is 97.9 cm³/mol. The van der Waals surface area contributed by atoms with Crippen LogP contribution in [-0.4, -0.2) is 29.9 Å². The molecule has 4 nitrogen and oxygen atoms in total. The molecule has 0 saturated carbocycles. The summed E-state index contributed by atoms with van der Waals surface area (Å²) in [5.41, 5.74) is 2.53. The molecule has 0 N–H and O–H groups in total. The van der Waals surface area contributed by atoms with Crippen molar-refractivity contribution in [3.63, 3.8) is 0 Å². The van der Waals surface area contributed by atoms with Crippen LogP contribution in [0.5, 0.6) is 0 Å². The van der Waals surface area contributed by atoms with Gasteiger partial charge in [0.15, 0.2) is 0 Å². The van der Waals surface area contributed by atoms with Crippen molar-refractivity contribution in [1.82, 2.24) is 4.90 Å². The van der Waals surface area contributed by atoms with E-state index in [-0.39, 0.29) is 18.5 Å². The first-order valence-electron chi connectivity index (χ1n) is 7.96. The lowest BCUT2D eigenvalue weighted by atomic mass is 10.1. The van der Waals surface area contributed by atoms with Gasteiger partial charge in [0, 0.05) is 28.7 Å². The van der Waals surface area contributed by atoms with Crippen molar-refractivity contribution in [3.8, 4) is 0 Å². The third-order valence-corrected chi connectivity index (χ3v) is 4.69. The van der Waals surface area contributed by atoms with E-state index in [9.17, 15) is 9.59 Å². The quantitative estimate of drug-likeness (QED) is 0.796. The van der Waals surface area contributed by atoms with Gasteiger partial charge in [0.05, 0.1) is 0 Å². The minimum Gasteiger partial charge on any atom is -0.324 e. The van der Waals surface area contributed by atoms with E-state index in [0.29, 0.717) is 18.5 Å². The Morgan fingerprint density at radius 1 is 1.12 bits per heavy atom. The number of rotatable bonds is 4. The highest BCUT2D eigenvalue weighted by Gasteiger charge is 2.26. The van der Waals surface area contributed by atoms with Crippen molar-refractivity contribution in [2.24, 2.45) is 0 Å². The summed E-state index contributed by atoms with van der Waals surface area (Å²) in [6.45, 7) is 3.00. The van der Waals surface area contributed by atoms with Crippen LogP contribution in [0.15, 0.2) is 53.0 Å². The number of amides is 2. The molecule has 0 spiro atoms. The average Bonchev–Trinajstić information content (AvgIpc) is 2.99. The number of hydrogen-bond acceptors (Lipinski definition) is 2. The Morgan fingerprint density at radius 3 is 2.38 bits per heavy atom. The number of likely N-dealkylation sites (tertiary alicyclic amines) is 1. The smallest absolute Gasteiger partial charge is 0.259 e. The van der Waals surface area contributed by atoms with Crippen molar-refractivity contribution >= 4 is 33.4 Å². The van der Waals surface area contributed by atoms with Crippen molar-refractivity contribution in [2.45, 2.75) is 19.8 Å². The number of benzene rings is 2. The molecule has 0 aromatic heterocycles. The molecule has 0 aliphatic carbocycles. The third-order valence-electron chi connectivity index (χ3n) is 4.17. The maximum absolute atomic E-state index is 13.0. The van der Waals surface area contributed by atoms with E-state index in [1.54, 1.807) is 21.9 Å². The van der Waals surface area contributed by atoms with E-state index in [0.717, 1.165) is 22.1 Å². The summed E-state index contributed by atoms with van der Waals surface area (Å²) in [6, 6.07) is 15.1. The molecule has 5 heteroatoms. The van der Waals surface area contributed by atoms with Crippen LogP contribution in [0.25, 0.3) is 0 Å². The lowest BCUT2D eigenvalue weighted by Crippen LogP contribution is -2.42. The van der Waals surface area contributed by atoms with Crippen LogP contribution in [-0.2, 0) is 4.79 Å². The Labute approximate surface area is 150 Å². The highest BCUT2D eigenvalue weighted by atomic mass is 79.9. The molecule has 1 saturated heterocycles. The summed E-state index contributed by atoms with van der Waals surface area (Å²) < 4.78 is 0.927. The second kappa shape index (κ2) is 7.18. The molecule has 0 radical (unpaired) electrons. The number of carbonyl (C=O) groups is 2. The van der Waals surface area contributed by atoms with Gasteiger partial charge in [-0.2, -0.15) is 0 Å². The van der Waals surface area contributed by atoms with Gasteiger partial charge in [-0.3, -0.25) is 14.5 Å². The van der Waals surface area contributed by atoms with Gasteiger partial charge in [-0.25, -0.2) is 0 Å². The highest BCUT2D eigenvalue weighted by molar-refractivity contribution is 9.10. The van der Waals surface area contributed by atoms with Crippen LogP contribution in [0, 0.1) is 6.92 Å². The summed E-state index contributed by atoms with van der Waals surface area (Å²) in [5.74, 6) is 0.00164. The first-order chi connectivity index (χ1) is 11.5. The van der Waals surface area contributed by atoms with Gasteiger partial charge < -0.3 is 4.90 Å². The van der Waals surface area contributed by atoms with Crippen molar-refractivity contribution < 1.29 is 9.59 Å². The Balaban J connectivity index is 1.91. The standard InChI is InChI=1S/C19H19BrN2O2/c1-14-4-10-17(11-5-14)22(13-21-12-2-3-18(21)23)19(24)15-6-8-16(20)9-7-15/h4-11H,2-3,12-13H2,1H3. The summed E-state index contributed by atoms with van der Waals surface area (Å²) >= 11 is 3.39. The molecule has 1 aliphatic rings. The van der Waals surface area contributed by atoms with Gasteiger partial charge in [0.25, 0.3) is 5.91 Å². The maximum atomic E-state index is 13.0. The van der Waals surface area contributed by atoms with E-state index < -0.39 is 0 Å². The zero-order chi connectivity index (χ0) is 17.1. The Hall–Kier alpha value is -2.14. The van der Waals surface area contributed by atoms with Crippen molar-refractivity contribution in [3.05, 3.63) is 64.1 Å². The molecular formula is C19H19BrN2O2. The van der Waals surface area contributed by atoms with Gasteiger partial charge in [0.2, 0.25) is 5.91 Å². The molecule has 124 valence electrons. The molecule has 3 rings (SSSR count). The largest absolute Gasteiger partial charge is 0.324 e. The highest BCUT2D eigenvalue weighted by Crippen LogP contribution is 2.21. The maximum Gasteiger partial charge on any atom is 0.259 e. The fourth-order valence-electron chi connectivity index (χ4n) is 2.76. The topological polar surface area (TPSA) is 40.6 Å². The van der Waals surface area contributed by atoms with Gasteiger partial charge in [-0.05, 0) is 49.7 Å². The zero-order valence-electron chi connectivity index (χ0n) is 13.5. The minimum atomic E-state index is -0.106. The first-order valence-corrected chi connectivity index (χ1v) is 8.76. The summed E-state index contributed by atoms with van der Waals surface area (Å²) in [6.07, 6.45) is 1.42. The van der Waals surface area contributed by atoms with Crippen LogP contribution >= 0.6 is 15.9 Å². The number of nitrogens with zero attached hydrogens (tertiary/aromatic N) is 2. The second-order valence-corrected chi connectivity index (χ2v) is 6.89. The molecule has 24 heavy (non-hydrogen) atoms. The zero-order valence-corrected chi connectivity index (χ0v) is 15.1. The predicted octanol–water partition coefficient (Wildman–Crippen LogP) is 3.98. The normalized spacial score (nSPS) is 14.1. The van der Waals surface area contributed by atoms with E-state index >= 15 is 0 Å². The Bertz CT molecular complexity index is 741. The molecule has 1 aliphatic heterocycles. The van der Waals surface area contributed by atoms with E-state index in [4.69, 9.17) is 0 Å². The minimum absolute atomic E-state index is 0.106. The molecule has 2 aromatic carbocycles. The third kappa shape index (κ3) is 3.67. The number of anilines is 1. The molecule has 2 amide bonds. The van der Waals surface area contributed by atoms with Gasteiger partial charge >= 0.3 is 0 Å². The van der Waals surface area contributed by atoms with Crippen LogP contribution in [0.3, 0.4) is 0 Å². The first kappa shape index (κ1) is 16.7. The summed E-state index contributed by atoms with van der Waals surface area (Å²) in [7, 11) is 0. The fourth-order valence-corrected chi connectivity index (χ4v) is 3.02. The van der Waals surface area contributed by atoms with Gasteiger partial charge in [0.1, 0.15) is 6.67 Å². The SMILES string of the molecule is Cc1ccc(N(CN2CCCC2=O)C(=O)c2ccc(Br)cc2)cc1. The fraction of sp³-hybridized carbons (Fsp3) is 0.263. The molecule has 2 aromatic rings. The van der Waals surface area contributed by atoms with Crippen molar-refractivity contribution in [1.29, 1.82) is 0 Å². The van der Waals surface area contributed by atoms with E-state index in [1.807, 2.05) is 43.3 Å². The van der Waals surface area contributed by atoms with Crippen LogP contribution < -0.4 is 4.90 Å². The number of halogens is 1. The van der Waals surface area contributed by atoms with Crippen molar-refractivity contribution in [2.75, 3.05) is 18.1 Å². The van der Waals surface area contributed by atoms with Gasteiger partial charge in [-0.15, -0.1) is 0 Å². The molecular weight excluding hydrogens is 368 g/mol. The average molecular weight is 387 g/mol. The van der Waals surface area contributed by atoms with Crippen LogP contribution in [0.2, 0.25) is 0 Å². The summed E-state index contributed by atoms with van der Waals surface area (Å²) in [5, 5.41) is 0. The molecule has 0 atom stereocenters. The second-order valence-electron chi connectivity index (χ2n) is 5.98. The Kier molecular flexibility index (Phi) is 5.00. The molecule has 1 heterocycles. The molecule has 0 bridgehead atoms.